The standard InChI is InChI=1S/C19H18FNO2.C2H2O4/c1-14-10-11-15-6-4-9-18(19(15)21-14)23-13-5-12-22-17-8-3-2-7-16(17)20;3-1(4)2(5)6/h2-4,6-11H,5,12-13H2,1H3;(H,3,4)(H,5,6). The molecule has 0 atom stereocenters. The van der Waals surface area contributed by atoms with E-state index in [1.54, 1.807) is 18.2 Å². The van der Waals surface area contributed by atoms with E-state index in [1.165, 1.54) is 6.07 Å². The predicted octanol–water partition coefficient (Wildman–Crippen LogP) is 3.69. The van der Waals surface area contributed by atoms with Gasteiger partial charge >= 0.3 is 11.9 Å². The van der Waals surface area contributed by atoms with Gasteiger partial charge in [0.2, 0.25) is 0 Å². The van der Waals surface area contributed by atoms with Crippen LogP contribution in [0.4, 0.5) is 4.39 Å². The normalized spacial score (nSPS) is 10.0. The molecule has 0 amide bonds. The van der Waals surface area contributed by atoms with Crippen LogP contribution < -0.4 is 9.47 Å². The van der Waals surface area contributed by atoms with Gasteiger partial charge in [0, 0.05) is 17.5 Å². The Morgan fingerprint density at radius 3 is 2.17 bits per heavy atom. The largest absolute Gasteiger partial charge is 0.491 e. The minimum atomic E-state index is -1.82. The van der Waals surface area contributed by atoms with E-state index in [9.17, 15) is 4.39 Å². The Hall–Kier alpha value is -3.68. The molecular weight excluding hydrogens is 381 g/mol. The van der Waals surface area contributed by atoms with E-state index in [0.717, 1.165) is 22.3 Å². The molecule has 2 aromatic carbocycles. The zero-order valence-electron chi connectivity index (χ0n) is 15.7. The Morgan fingerprint density at radius 1 is 0.897 bits per heavy atom. The molecule has 0 radical (unpaired) electrons. The van der Waals surface area contributed by atoms with Crippen molar-refractivity contribution < 1.29 is 33.7 Å². The molecule has 3 aromatic rings. The van der Waals surface area contributed by atoms with Crippen molar-refractivity contribution in [3.63, 3.8) is 0 Å². The molecule has 0 aliphatic rings. The van der Waals surface area contributed by atoms with Crippen LogP contribution in [0.15, 0.2) is 54.6 Å². The first-order valence-electron chi connectivity index (χ1n) is 8.71. The molecule has 0 spiro atoms. The molecule has 3 rings (SSSR count). The Labute approximate surface area is 166 Å². The zero-order chi connectivity index (χ0) is 21.2. The lowest BCUT2D eigenvalue weighted by Crippen LogP contribution is -2.09. The molecular formula is C21H20FNO6. The van der Waals surface area contributed by atoms with E-state index in [0.29, 0.717) is 19.6 Å². The highest BCUT2D eigenvalue weighted by atomic mass is 19.1. The van der Waals surface area contributed by atoms with Gasteiger partial charge in [-0.05, 0) is 31.2 Å². The van der Waals surface area contributed by atoms with E-state index in [4.69, 9.17) is 29.3 Å². The summed E-state index contributed by atoms with van der Waals surface area (Å²) in [5.74, 6) is -2.96. The number of hydrogen-bond acceptors (Lipinski definition) is 5. The Balaban J connectivity index is 0.000000438. The average Bonchev–Trinajstić information content (AvgIpc) is 2.69. The van der Waals surface area contributed by atoms with Gasteiger partial charge in [-0.1, -0.05) is 30.3 Å². The van der Waals surface area contributed by atoms with Crippen molar-refractivity contribution >= 4 is 22.8 Å². The summed E-state index contributed by atoms with van der Waals surface area (Å²) in [6.45, 7) is 2.85. The number of rotatable bonds is 6. The first-order chi connectivity index (χ1) is 13.9. The molecule has 1 aromatic heterocycles. The maximum atomic E-state index is 13.4. The van der Waals surface area contributed by atoms with Gasteiger partial charge in [-0.2, -0.15) is 0 Å². The van der Waals surface area contributed by atoms with Crippen LogP contribution in [0.5, 0.6) is 11.5 Å². The number of benzene rings is 2. The number of hydrogen-bond donors (Lipinski definition) is 2. The van der Waals surface area contributed by atoms with Crippen molar-refractivity contribution in [1.29, 1.82) is 0 Å². The third-order valence-corrected chi connectivity index (χ3v) is 3.65. The van der Waals surface area contributed by atoms with Crippen molar-refractivity contribution in [3.8, 4) is 11.5 Å². The lowest BCUT2D eigenvalue weighted by Gasteiger charge is -2.10. The number of aliphatic carboxylic acids is 2. The van der Waals surface area contributed by atoms with Crippen LogP contribution in [-0.2, 0) is 9.59 Å². The van der Waals surface area contributed by atoms with Crippen molar-refractivity contribution in [2.45, 2.75) is 13.3 Å². The fourth-order valence-electron chi connectivity index (χ4n) is 2.32. The molecule has 0 aliphatic carbocycles. The number of carboxylic acid groups (broad SMARTS) is 2. The number of nitrogens with zero attached hydrogens (tertiary/aromatic N) is 1. The lowest BCUT2D eigenvalue weighted by atomic mass is 10.2. The molecule has 0 fully saturated rings. The monoisotopic (exact) mass is 401 g/mol. The van der Waals surface area contributed by atoms with Gasteiger partial charge in [0.25, 0.3) is 0 Å². The smallest absolute Gasteiger partial charge is 0.414 e. The molecule has 0 saturated heterocycles. The Bertz CT molecular complexity index is 980. The summed E-state index contributed by atoms with van der Waals surface area (Å²) in [6.07, 6.45) is 0.663. The number of aromatic nitrogens is 1. The zero-order valence-corrected chi connectivity index (χ0v) is 15.7. The third kappa shape index (κ3) is 6.76. The van der Waals surface area contributed by atoms with Gasteiger partial charge in [-0.25, -0.2) is 19.0 Å². The van der Waals surface area contributed by atoms with Crippen LogP contribution >= 0.6 is 0 Å². The van der Waals surface area contributed by atoms with Crippen LogP contribution in [0.25, 0.3) is 10.9 Å². The number of ether oxygens (including phenoxy) is 2. The van der Waals surface area contributed by atoms with Crippen LogP contribution in [0.3, 0.4) is 0 Å². The summed E-state index contributed by atoms with van der Waals surface area (Å²) in [4.78, 5) is 22.7. The van der Waals surface area contributed by atoms with Gasteiger partial charge in [0.15, 0.2) is 11.6 Å². The van der Waals surface area contributed by atoms with E-state index in [1.807, 2.05) is 37.3 Å². The Kier molecular flexibility index (Phi) is 7.90. The molecule has 0 unspecified atom stereocenters. The first kappa shape index (κ1) is 21.6. The molecule has 2 N–H and O–H groups in total. The molecule has 0 saturated carbocycles. The summed E-state index contributed by atoms with van der Waals surface area (Å²) in [6, 6.07) is 16.3. The summed E-state index contributed by atoms with van der Waals surface area (Å²) in [5.41, 5.74) is 1.82. The van der Waals surface area contributed by atoms with E-state index < -0.39 is 11.9 Å². The maximum Gasteiger partial charge on any atom is 0.414 e. The average molecular weight is 401 g/mol. The molecule has 152 valence electrons. The predicted molar refractivity (Wildman–Crippen MR) is 104 cm³/mol. The number of pyridine rings is 1. The molecule has 0 bridgehead atoms. The number of carboxylic acids is 2. The fraction of sp³-hybridized carbons (Fsp3) is 0.190. The van der Waals surface area contributed by atoms with E-state index in [-0.39, 0.29) is 11.6 Å². The van der Waals surface area contributed by atoms with Crippen molar-refractivity contribution in [2.24, 2.45) is 0 Å². The fourth-order valence-corrected chi connectivity index (χ4v) is 2.32. The van der Waals surface area contributed by atoms with E-state index >= 15 is 0 Å². The van der Waals surface area contributed by atoms with Gasteiger partial charge in [-0.3, -0.25) is 0 Å². The summed E-state index contributed by atoms with van der Waals surface area (Å²) in [7, 11) is 0. The second-order valence-electron chi connectivity index (χ2n) is 5.87. The Morgan fingerprint density at radius 2 is 1.52 bits per heavy atom. The van der Waals surface area contributed by atoms with Crippen LogP contribution in [0.1, 0.15) is 12.1 Å². The van der Waals surface area contributed by atoms with Crippen LogP contribution in [0.2, 0.25) is 0 Å². The second kappa shape index (κ2) is 10.6. The number of para-hydroxylation sites is 2. The molecule has 29 heavy (non-hydrogen) atoms. The van der Waals surface area contributed by atoms with Crippen molar-refractivity contribution in [2.75, 3.05) is 13.2 Å². The molecule has 8 heteroatoms. The minimum absolute atomic E-state index is 0.273. The van der Waals surface area contributed by atoms with Crippen LogP contribution in [-0.4, -0.2) is 40.3 Å². The number of halogens is 1. The van der Waals surface area contributed by atoms with E-state index in [2.05, 4.69) is 4.98 Å². The maximum absolute atomic E-state index is 13.4. The quantitative estimate of drug-likeness (QED) is 0.479. The van der Waals surface area contributed by atoms with Crippen molar-refractivity contribution in [1.82, 2.24) is 4.98 Å². The summed E-state index contributed by atoms with van der Waals surface area (Å²) in [5, 5.41) is 15.8. The number of fused-ring (bicyclic) bond motifs is 1. The second-order valence-corrected chi connectivity index (χ2v) is 5.87. The molecule has 0 aliphatic heterocycles. The number of aryl methyl sites for hydroxylation is 1. The lowest BCUT2D eigenvalue weighted by molar-refractivity contribution is -0.159. The van der Waals surface area contributed by atoms with Gasteiger partial charge < -0.3 is 19.7 Å². The van der Waals surface area contributed by atoms with Gasteiger partial charge in [0.1, 0.15) is 11.3 Å². The molecule has 7 nitrogen and oxygen atoms in total. The minimum Gasteiger partial charge on any atom is -0.491 e. The number of carbonyl (C=O) groups is 2. The summed E-state index contributed by atoms with van der Waals surface area (Å²) < 4.78 is 24.6. The van der Waals surface area contributed by atoms with Gasteiger partial charge in [-0.15, -0.1) is 0 Å². The first-order valence-corrected chi connectivity index (χ1v) is 8.71. The highest BCUT2D eigenvalue weighted by Gasteiger charge is 2.05. The highest BCUT2D eigenvalue weighted by Crippen LogP contribution is 2.24. The highest BCUT2D eigenvalue weighted by molar-refractivity contribution is 6.27. The van der Waals surface area contributed by atoms with Crippen molar-refractivity contribution in [3.05, 3.63) is 66.1 Å². The molecule has 1 heterocycles. The third-order valence-electron chi connectivity index (χ3n) is 3.65. The van der Waals surface area contributed by atoms with Crippen LogP contribution in [0, 0.1) is 12.7 Å². The topological polar surface area (TPSA) is 106 Å². The van der Waals surface area contributed by atoms with Gasteiger partial charge in [0.05, 0.1) is 13.2 Å². The SMILES string of the molecule is Cc1ccc2cccc(OCCCOc3ccccc3F)c2n1.O=C(O)C(=O)O. The summed E-state index contributed by atoms with van der Waals surface area (Å²) >= 11 is 0.